The molecule has 13 heavy (non-hydrogen) atoms. The lowest BCUT2D eigenvalue weighted by atomic mass is 10.1. The van der Waals surface area contributed by atoms with Gasteiger partial charge in [0.2, 0.25) is 0 Å². The predicted octanol–water partition coefficient (Wildman–Crippen LogP) is 1.95. The Morgan fingerprint density at radius 3 is 2.62 bits per heavy atom. The Hall–Kier alpha value is -0.830. The van der Waals surface area contributed by atoms with Gasteiger partial charge >= 0.3 is 0 Å². The number of aromatic amines is 1. The summed E-state index contributed by atoms with van der Waals surface area (Å²) in [7, 11) is 0. The number of nitrogens with one attached hydrogen (secondary N) is 2. The van der Waals surface area contributed by atoms with Crippen LogP contribution in [0.4, 0.5) is 0 Å². The molecule has 3 nitrogen and oxygen atoms in total. The van der Waals surface area contributed by atoms with Crippen LogP contribution in [0.5, 0.6) is 0 Å². The summed E-state index contributed by atoms with van der Waals surface area (Å²) in [6, 6.07) is 0. The topological polar surface area (TPSA) is 40.7 Å². The van der Waals surface area contributed by atoms with Crippen molar-refractivity contribution in [3.63, 3.8) is 0 Å². The SMILES string of the molecule is CCNCc1nc(C(C)C)c(C)[nH]1. The van der Waals surface area contributed by atoms with Crippen LogP contribution < -0.4 is 5.32 Å². The first-order valence-corrected chi connectivity index (χ1v) is 4.91. The Labute approximate surface area is 80.0 Å². The minimum Gasteiger partial charge on any atom is -0.345 e. The number of nitrogens with zero attached hydrogens (tertiary/aromatic N) is 1. The lowest BCUT2D eigenvalue weighted by Crippen LogP contribution is -2.12. The van der Waals surface area contributed by atoms with E-state index in [4.69, 9.17) is 0 Å². The zero-order valence-corrected chi connectivity index (χ0v) is 8.94. The molecule has 0 amide bonds. The minimum atomic E-state index is 0.506. The van der Waals surface area contributed by atoms with E-state index in [1.165, 1.54) is 11.4 Å². The van der Waals surface area contributed by atoms with Gasteiger partial charge in [-0.1, -0.05) is 20.8 Å². The molecule has 74 valence electrons. The number of hydrogen-bond acceptors (Lipinski definition) is 2. The molecule has 0 atom stereocenters. The van der Waals surface area contributed by atoms with Crippen LogP contribution in [0.25, 0.3) is 0 Å². The van der Waals surface area contributed by atoms with Gasteiger partial charge in [-0.15, -0.1) is 0 Å². The zero-order valence-electron chi connectivity index (χ0n) is 8.94. The van der Waals surface area contributed by atoms with E-state index >= 15 is 0 Å². The van der Waals surface area contributed by atoms with Crippen LogP contribution >= 0.6 is 0 Å². The van der Waals surface area contributed by atoms with Gasteiger partial charge in [0, 0.05) is 5.69 Å². The van der Waals surface area contributed by atoms with Crippen LogP contribution in [0.2, 0.25) is 0 Å². The normalized spacial score (nSPS) is 11.2. The maximum atomic E-state index is 4.53. The molecule has 0 saturated heterocycles. The van der Waals surface area contributed by atoms with Crippen molar-refractivity contribution in [1.29, 1.82) is 0 Å². The van der Waals surface area contributed by atoms with Gasteiger partial charge in [0.15, 0.2) is 0 Å². The first-order valence-electron chi connectivity index (χ1n) is 4.91. The second-order valence-corrected chi connectivity index (χ2v) is 3.63. The Morgan fingerprint density at radius 2 is 2.15 bits per heavy atom. The molecule has 1 aromatic rings. The zero-order chi connectivity index (χ0) is 9.84. The van der Waals surface area contributed by atoms with Gasteiger partial charge in [-0.2, -0.15) is 0 Å². The monoisotopic (exact) mass is 181 g/mol. The second kappa shape index (κ2) is 4.42. The van der Waals surface area contributed by atoms with E-state index in [0.29, 0.717) is 5.92 Å². The Balaban J connectivity index is 2.71. The number of aryl methyl sites for hydroxylation is 1. The lowest BCUT2D eigenvalue weighted by Gasteiger charge is -1.99. The number of imidazole rings is 1. The van der Waals surface area contributed by atoms with E-state index in [2.05, 4.69) is 43.0 Å². The Bertz CT molecular complexity index is 263. The Morgan fingerprint density at radius 1 is 1.46 bits per heavy atom. The average Bonchev–Trinajstić information content (AvgIpc) is 2.43. The van der Waals surface area contributed by atoms with Crippen molar-refractivity contribution >= 4 is 0 Å². The fraction of sp³-hybridized carbons (Fsp3) is 0.700. The summed E-state index contributed by atoms with van der Waals surface area (Å²) in [6.45, 7) is 10.3. The van der Waals surface area contributed by atoms with Gasteiger partial charge in [-0.3, -0.25) is 0 Å². The van der Waals surface area contributed by atoms with E-state index in [9.17, 15) is 0 Å². The highest BCUT2D eigenvalue weighted by Crippen LogP contribution is 2.15. The maximum absolute atomic E-state index is 4.53. The predicted molar refractivity (Wildman–Crippen MR) is 54.8 cm³/mol. The van der Waals surface area contributed by atoms with Gasteiger partial charge in [0.05, 0.1) is 12.2 Å². The summed E-state index contributed by atoms with van der Waals surface area (Å²) in [5.74, 6) is 1.55. The molecule has 0 aliphatic heterocycles. The highest BCUT2D eigenvalue weighted by molar-refractivity contribution is 5.16. The first-order chi connectivity index (χ1) is 6.15. The third kappa shape index (κ3) is 2.56. The minimum absolute atomic E-state index is 0.506. The van der Waals surface area contributed by atoms with Crippen molar-refractivity contribution in [1.82, 2.24) is 15.3 Å². The highest BCUT2D eigenvalue weighted by Gasteiger charge is 2.08. The molecule has 0 bridgehead atoms. The van der Waals surface area contributed by atoms with E-state index in [0.717, 1.165) is 18.9 Å². The van der Waals surface area contributed by atoms with E-state index in [-0.39, 0.29) is 0 Å². The number of aromatic nitrogens is 2. The molecule has 1 rings (SSSR count). The maximum Gasteiger partial charge on any atom is 0.120 e. The number of H-pyrrole nitrogens is 1. The van der Waals surface area contributed by atoms with Crippen LogP contribution in [0.1, 0.15) is 43.9 Å². The first kappa shape index (κ1) is 10.3. The van der Waals surface area contributed by atoms with Gasteiger partial charge in [-0.05, 0) is 19.4 Å². The fourth-order valence-electron chi connectivity index (χ4n) is 1.43. The lowest BCUT2D eigenvalue weighted by molar-refractivity contribution is 0.693. The molecule has 0 aromatic carbocycles. The highest BCUT2D eigenvalue weighted by atomic mass is 15.0. The van der Waals surface area contributed by atoms with Crippen molar-refractivity contribution < 1.29 is 0 Å². The summed E-state index contributed by atoms with van der Waals surface area (Å²) in [4.78, 5) is 7.82. The van der Waals surface area contributed by atoms with E-state index < -0.39 is 0 Å². The average molecular weight is 181 g/mol. The van der Waals surface area contributed by atoms with Gasteiger partial charge in [0.1, 0.15) is 5.82 Å². The van der Waals surface area contributed by atoms with Crippen LogP contribution in [0, 0.1) is 6.92 Å². The fourth-order valence-corrected chi connectivity index (χ4v) is 1.43. The molecule has 0 unspecified atom stereocenters. The molecule has 0 saturated carbocycles. The smallest absolute Gasteiger partial charge is 0.120 e. The number of rotatable bonds is 4. The van der Waals surface area contributed by atoms with Crippen LogP contribution in [-0.2, 0) is 6.54 Å². The summed E-state index contributed by atoms with van der Waals surface area (Å²) in [6.07, 6.45) is 0. The molecule has 0 aliphatic rings. The molecule has 1 heterocycles. The summed E-state index contributed by atoms with van der Waals surface area (Å²) in [5.41, 5.74) is 2.39. The molecule has 0 spiro atoms. The van der Waals surface area contributed by atoms with E-state index in [1.807, 2.05) is 0 Å². The van der Waals surface area contributed by atoms with Crippen molar-refractivity contribution in [3.8, 4) is 0 Å². The Kier molecular flexibility index (Phi) is 3.48. The third-order valence-corrected chi connectivity index (χ3v) is 2.06. The number of hydrogen-bond donors (Lipinski definition) is 2. The molecule has 2 N–H and O–H groups in total. The summed E-state index contributed by atoms with van der Waals surface area (Å²) in [5, 5.41) is 3.25. The quantitative estimate of drug-likeness (QED) is 0.745. The van der Waals surface area contributed by atoms with Crippen molar-refractivity contribution in [3.05, 3.63) is 17.2 Å². The van der Waals surface area contributed by atoms with Crippen molar-refractivity contribution in [2.24, 2.45) is 0 Å². The third-order valence-electron chi connectivity index (χ3n) is 2.06. The van der Waals surface area contributed by atoms with Crippen molar-refractivity contribution in [2.75, 3.05) is 6.54 Å². The van der Waals surface area contributed by atoms with Crippen LogP contribution in [0.15, 0.2) is 0 Å². The van der Waals surface area contributed by atoms with Gasteiger partial charge in [-0.25, -0.2) is 4.98 Å². The largest absolute Gasteiger partial charge is 0.345 e. The standard InChI is InChI=1S/C10H19N3/c1-5-11-6-9-12-8(4)10(13-9)7(2)3/h7,11H,5-6H2,1-4H3,(H,12,13). The summed E-state index contributed by atoms with van der Waals surface area (Å²) < 4.78 is 0. The molecular weight excluding hydrogens is 162 g/mol. The second-order valence-electron chi connectivity index (χ2n) is 3.63. The molecule has 0 fully saturated rings. The van der Waals surface area contributed by atoms with E-state index in [1.54, 1.807) is 0 Å². The molecule has 0 radical (unpaired) electrons. The molecular formula is C10H19N3. The van der Waals surface area contributed by atoms with Crippen molar-refractivity contribution in [2.45, 2.75) is 40.2 Å². The van der Waals surface area contributed by atoms with Crippen LogP contribution in [-0.4, -0.2) is 16.5 Å². The van der Waals surface area contributed by atoms with Gasteiger partial charge < -0.3 is 10.3 Å². The molecule has 0 aliphatic carbocycles. The van der Waals surface area contributed by atoms with Gasteiger partial charge in [0.25, 0.3) is 0 Å². The molecule has 3 heteroatoms. The molecule has 1 aromatic heterocycles. The van der Waals surface area contributed by atoms with Crippen LogP contribution in [0.3, 0.4) is 0 Å². The summed E-state index contributed by atoms with van der Waals surface area (Å²) >= 11 is 0.